The molecule has 3 aromatic heterocycles. The molecule has 0 aliphatic heterocycles. The Balaban J connectivity index is 1.45. The molecule has 0 fully saturated rings. The van der Waals surface area contributed by atoms with E-state index in [0.717, 1.165) is 0 Å². The molecule has 0 aliphatic rings. The smallest absolute Gasteiger partial charge is 0.0555 e. The summed E-state index contributed by atoms with van der Waals surface area (Å²) < 4.78 is 7.58. The molecule has 0 atom stereocenters. The summed E-state index contributed by atoms with van der Waals surface area (Å²) in [7, 11) is 0. The van der Waals surface area contributed by atoms with Gasteiger partial charge in [0.2, 0.25) is 0 Å². The highest BCUT2D eigenvalue weighted by atomic mass is 32.1. The summed E-state index contributed by atoms with van der Waals surface area (Å²) in [6.07, 6.45) is 0. The van der Waals surface area contributed by atoms with E-state index in [1.165, 1.54) is 86.3 Å². The monoisotopic (exact) mass is 542 g/mol. The van der Waals surface area contributed by atoms with E-state index in [1.807, 2.05) is 11.3 Å². The van der Waals surface area contributed by atoms with Gasteiger partial charge in [0.25, 0.3) is 0 Å². The molecule has 0 spiro atoms. The first-order chi connectivity index (χ1) is 20.2. The van der Waals surface area contributed by atoms with Gasteiger partial charge < -0.3 is 9.13 Å². The van der Waals surface area contributed by atoms with Crippen LogP contribution in [0.3, 0.4) is 0 Å². The molecule has 0 unspecified atom stereocenters. The van der Waals surface area contributed by atoms with E-state index in [4.69, 9.17) is 0 Å². The first kappa shape index (κ1) is 22.9. The Bertz CT molecular complexity index is 2330. The number of nitrogens with zero attached hydrogens (tertiary/aromatic N) is 2. The number of aryl methyl sites for hydroxylation is 2. The van der Waals surface area contributed by atoms with Crippen molar-refractivity contribution in [1.82, 2.24) is 9.13 Å². The van der Waals surface area contributed by atoms with Gasteiger partial charge in [-0.1, -0.05) is 72.8 Å². The molecule has 2 nitrogen and oxygen atoms in total. The van der Waals surface area contributed by atoms with Crippen molar-refractivity contribution < 1.29 is 0 Å². The minimum Gasteiger partial charge on any atom is -0.309 e. The van der Waals surface area contributed by atoms with Gasteiger partial charge in [0.1, 0.15) is 0 Å². The Morgan fingerprint density at radius 1 is 0.415 bits per heavy atom. The Kier molecular flexibility index (Phi) is 4.65. The van der Waals surface area contributed by atoms with Crippen LogP contribution in [-0.4, -0.2) is 9.13 Å². The van der Waals surface area contributed by atoms with Crippen LogP contribution in [0.15, 0.2) is 121 Å². The maximum absolute atomic E-state index is 2.43. The van der Waals surface area contributed by atoms with Crippen LogP contribution >= 0.6 is 11.3 Å². The third-order valence-electron chi connectivity index (χ3n) is 8.60. The summed E-state index contributed by atoms with van der Waals surface area (Å²) in [5, 5.41) is 7.96. The summed E-state index contributed by atoms with van der Waals surface area (Å²) >= 11 is 1.95. The molecule has 0 saturated heterocycles. The minimum absolute atomic E-state index is 1.21. The van der Waals surface area contributed by atoms with E-state index in [1.54, 1.807) is 0 Å². The van der Waals surface area contributed by atoms with E-state index in [2.05, 4.69) is 144 Å². The molecular weight excluding hydrogens is 516 g/mol. The molecule has 0 amide bonds. The first-order valence-corrected chi connectivity index (χ1v) is 14.9. The summed E-state index contributed by atoms with van der Waals surface area (Å²) in [4.78, 5) is 0. The highest BCUT2D eigenvalue weighted by Crippen LogP contribution is 2.47. The van der Waals surface area contributed by atoms with Gasteiger partial charge in [0.05, 0.1) is 22.1 Å². The van der Waals surface area contributed by atoms with Gasteiger partial charge in [0.15, 0.2) is 0 Å². The van der Waals surface area contributed by atoms with Gasteiger partial charge in [-0.15, -0.1) is 11.3 Å². The van der Waals surface area contributed by atoms with Crippen LogP contribution in [-0.2, 0) is 0 Å². The maximum atomic E-state index is 2.43. The minimum atomic E-state index is 1.21. The van der Waals surface area contributed by atoms with Crippen LogP contribution in [0, 0.1) is 13.8 Å². The van der Waals surface area contributed by atoms with Crippen LogP contribution in [0.4, 0.5) is 0 Å². The quantitative estimate of drug-likeness (QED) is 0.206. The number of aromatic nitrogens is 2. The first-order valence-electron chi connectivity index (χ1n) is 14.1. The van der Waals surface area contributed by atoms with E-state index in [9.17, 15) is 0 Å². The summed E-state index contributed by atoms with van der Waals surface area (Å²) in [5.74, 6) is 0. The molecule has 0 N–H and O–H groups in total. The summed E-state index contributed by atoms with van der Waals surface area (Å²) in [6, 6.07) is 44.7. The third kappa shape index (κ3) is 3.12. The lowest BCUT2D eigenvalue weighted by Crippen LogP contribution is -1.93. The van der Waals surface area contributed by atoms with Gasteiger partial charge in [-0.2, -0.15) is 0 Å². The zero-order valence-corrected chi connectivity index (χ0v) is 23.7. The average Bonchev–Trinajstić information content (AvgIpc) is 3.64. The van der Waals surface area contributed by atoms with Crippen LogP contribution in [0.1, 0.15) is 11.1 Å². The molecule has 41 heavy (non-hydrogen) atoms. The molecule has 9 aromatic rings. The number of benzene rings is 6. The normalized spacial score (nSPS) is 12.1. The van der Waals surface area contributed by atoms with Crippen LogP contribution < -0.4 is 0 Å². The molecule has 3 heteroatoms. The standard InChI is InChI=1S/C38H26N2S/c1-23-9-7-11-25(21-23)39-31-15-5-3-13-29(31)35-33(39)19-17-27-28-18-20-34-36(38(28)41-37(27)35)30-14-4-6-16-32(30)40(34)26-12-8-10-24(2)22-26/h3-22H,1-2H3. The zero-order valence-electron chi connectivity index (χ0n) is 22.8. The highest BCUT2D eigenvalue weighted by molar-refractivity contribution is 7.27. The van der Waals surface area contributed by atoms with Gasteiger partial charge in [0, 0.05) is 53.1 Å². The number of hydrogen-bond acceptors (Lipinski definition) is 1. The van der Waals surface area contributed by atoms with Gasteiger partial charge >= 0.3 is 0 Å². The number of para-hydroxylation sites is 2. The maximum Gasteiger partial charge on any atom is 0.0555 e. The molecule has 0 saturated carbocycles. The Labute approximate surface area is 241 Å². The van der Waals surface area contributed by atoms with E-state index < -0.39 is 0 Å². The second-order valence-corrected chi connectivity index (χ2v) is 12.2. The second-order valence-electron chi connectivity index (χ2n) is 11.2. The fraction of sp³-hybridized carbons (Fsp3) is 0.0526. The third-order valence-corrected chi connectivity index (χ3v) is 9.85. The van der Waals surface area contributed by atoms with Crippen molar-refractivity contribution in [2.45, 2.75) is 13.8 Å². The Hall–Kier alpha value is -4.86. The average molecular weight is 543 g/mol. The summed E-state index contributed by atoms with van der Waals surface area (Å²) in [5.41, 5.74) is 9.97. The molecule has 3 heterocycles. The van der Waals surface area contributed by atoms with Crippen molar-refractivity contribution in [3.05, 3.63) is 132 Å². The Morgan fingerprint density at radius 2 is 0.878 bits per heavy atom. The fourth-order valence-corrected chi connectivity index (χ4v) is 8.30. The van der Waals surface area contributed by atoms with Crippen LogP contribution in [0.2, 0.25) is 0 Å². The topological polar surface area (TPSA) is 9.86 Å². The van der Waals surface area contributed by atoms with Crippen molar-refractivity contribution in [2.75, 3.05) is 0 Å². The van der Waals surface area contributed by atoms with E-state index >= 15 is 0 Å². The van der Waals surface area contributed by atoms with Crippen molar-refractivity contribution in [2.24, 2.45) is 0 Å². The van der Waals surface area contributed by atoms with Crippen LogP contribution in [0.5, 0.6) is 0 Å². The predicted molar refractivity (Wildman–Crippen MR) is 177 cm³/mol. The number of thiophene rings is 1. The molecule has 0 radical (unpaired) electrons. The van der Waals surface area contributed by atoms with Crippen LogP contribution in [0.25, 0.3) is 75.2 Å². The second kappa shape index (κ2) is 8.33. The summed E-state index contributed by atoms with van der Waals surface area (Å²) in [6.45, 7) is 4.33. The van der Waals surface area contributed by atoms with Gasteiger partial charge in [-0.05, 0) is 73.5 Å². The zero-order chi connectivity index (χ0) is 27.2. The Morgan fingerprint density at radius 3 is 1.34 bits per heavy atom. The van der Waals surface area contributed by atoms with Crippen molar-refractivity contribution >= 4 is 75.1 Å². The van der Waals surface area contributed by atoms with Crippen molar-refractivity contribution in [3.8, 4) is 11.4 Å². The van der Waals surface area contributed by atoms with Crippen molar-refractivity contribution in [1.29, 1.82) is 0 Å². The molecule has 194 valence electrons. The lowest BCUT2D eigenvalue weighted by Gasteiger charge is -2.09. The van der Waals surface area contributed by atoms with E-state index in [0.29, 0.717) is 0 Å². The largest absolute Gasteiger partial charge is 0.309 e. The lowest BCUT2D eigenvalue weighted by molar-refractivity contribution is 1.17. The molecule has 6 aromatic carbocycles. The number of rotatable bonds is 2. The SMILES string of the molecule is Cc1cccc(-n2c3ccccc3c3c4sc5c(ccc6c5c5ccccc5n6-c5cccc(C)c5)c4ccc32)c1. The predicted octanol–water partition coefficient (Wildman–Crippen LogP) is 10.9. The van der Waals surface area contributed by atoms with Gasteiger partial charge in [-0.3, -0.25) is 0 Å². The number of fused-ring (bicyclic) bond motifs is 11. The highest BCUT2D eigenvalue weighted by Gasteiger charge is 2.21. The molecular formula is C38H26N2S. The van der Waals surface area contributed by atoms with Gasteiger partial charge in [-0.25, -0.2) is 0 Å². The lowest BCUT2D eigenvalue weighted by atomic mass is 10.1. The number of hydrogen-bond donors (Lipinski definition) is 0. The molecule has 9 rings (SSSR count). The molecule has 0 aliphatic carbocycles. The fourth-order valence-electron chi connectivity index (χ4n) is 6.89. The van der Waals surface area contributed by atoms with E-state index in [-0.39, 0.29) is 0 Å². The molecule has 0 bridgehead atoms. The van der Waals surface area contributed by atoms with Crippen molar-refractivity contribution in [3.63, 3.8) is 0 Å².